The lowest BCUT2D eigenvalue weighted by atomic mass is 10.1. The van der Waals surface area contributed by atoms with E-state index in [-0.39, 0.29) is 22.7 Å². The predicted octanol–water partition coefficient (Wildman–Crippen LogP) is 4.25. The molecule has 1 N–H and O–H groups in total. The van der Waals surface area contributed by atoms with Crippen LogP contribution in [0.2, 0.25) is 0 Å². The second-order valence-corrected chi connectivity index (χ2v) is 5.08. The number of nitro groups is 1. The molecule has 0 radical (unpaired) electrons. The standard InChI is InChI=1S/C16H14F2N2O3/c1-9(11-3-5-13(17)14(18)7-11)19-15-6-4-12(10(2)21)8-16(15)20(22)23/h3-9,19H,1-2H3/t9-/m1/s1. The zero-order valence-electron chi connectivity index (χ0n) is 12.5. The monoisotopic (exact) mass is 320 g/mol. The van der Waals surface area contributed by atoms with Crippen LogP contribution in [0.4, 0.5) is 20.2 Å². The highest BCUT2D eigenvalue weighted by Gasteiger charge is 2.18. The van der Waals surface area contributed by atoms with Crippen LogP contribution in [0.1, 0.15) is 35.8 Å². The van der Waals surface area contributed by atoms with E-state index < -0.39 is 22.6 Å². The molecule has 0 aliphatic carbocycles. The van der Waals surface area contributed by atoms with Crippen LogP contribution in [0.25, 0.3) is 0 Å². The van der Waals surface area contributed by atoms with Crippen LogP contribution in [-0.2, 0) is 0 Å². The Hall–Kier alpha value is -2.83. The van der Waals surface area contributed by atoms with Crippen LogP contribution in [0.3, 0.4) is 0 Å². The highest BCUT2D eigenvalue weighted by molar-refractivity contribution is 5.95. The first kappa shape index (κ1) is 16.5. The molecule has 0 spiro atoms. The number of Topliss-reactive ketones (excluding diaryl/α,β-unsaturated/α-hetero) is 1. The van der Waals surface area contributed by atoms with Gasteiger partial charge >= 0.3 is 0 Å². The van der Waals surface area contributed by atoms with Gasteiger partial charge in [0.05, 0.1) is 4.92 Å². The number of hydrogen-bond acceptors (Lipinski definition) is 4. The van der Waals surface area contributed by atoms with Gasteiger partial charge in [-0.3, -0.25) is 14.9 Å². The Bertz CT molecular complexity index is 778. The third-order valence-corrected chi connectivity index (χ3v) is 3.42. The Morgan fingerprint density at radius 2 is 1.87 bits per heavy atom. The fourth-order valence-electron chi connectivity index (χ4n) is 2.12. The summed E-state index contributed by atoms with van der Waals surface area (Å²) >= 11 is 0. The molecule has 2 rings (SSSR count). The number of nitrogens with one attached hydrogen (secondary N) is 1. The summed E-state index contributed by atoms with van der Waals surface area (Å²) in [5, 5.41) is 14.0. The first-order valence-electron chi connectivity index (χ1n) is 6.80. The maximum atomic E-state index is 13.3. The molecule has 0 fully saturated rings. The quantitative estimate of drug-likeness (QED) is 0.508. The minimum atomic E-state index is -0.988. The number of rotatable bonds is 5. The molecular formula is C16H14F2N2O3. The van der Waals surface area contributed by atoms with Gasteiger partial charge in [0.25, 0.3) is 5.69 Å². The summed E-state index contributed by atoms with van der Waals surface area (Å²) < 4.78 is 26.2. The van der Waals surface area contributed by atoms with Crippen LogP contribution >= 0.6 is 0 Å². The lowest BCUT2D eigenvalue weighted by Crippen LogP contribution is -2.09. The van der Waals surface area contributed by atoms with Crippen molar-refractivity contribution in [3.8, 4) is 0 Å². The molecule has 0 saturated heterocycles. The third-order valence-electron chi connectivity index (χ3n) is 3.42. The average molecular weight is 320 g/mol. The van der Waals surface area contributed by atoms with Crippen molar-refractivity contribution in [1.29, 1.82) is 0 Å². The summed E-state index contributed by atoms with van der Waals surface area (Å²) in [5.41, 5.74) is 0.598. The molecule has 120 valence electrons. The summed E-state index contributed by atoms with van der Waals surface area (Å²) in [6.45, 7) is 2.98. The molecule has 0 amide bonds. The Balaban J connectivity index is 2.33. The molecule has 0 bridgehead atoms. The number of ketones is 1. The van der Waals surface area contributed by atoms with E-state index in [9.17, 15) is 23.7 Å². The topological polar surface area (TPSA) is 72.2 Å². The van der Waals surface area contributed by atoms with Crippen LogP contribution in [-0.4, -0.2) is 10.7 Å². The molecule has 0 aliphatic heterocycles. The van der Waals surface area contributed by atoms with Crippen molar-refractivity contribution >= 4 is 17.2 Å². The van der Waals surface area contributed by atoms with Gasteiger partial charge in [0.2, 0.25) is 0 Å². The van der Waals surface area contributed by atoms with Crippen molar-refractivity contribution in [2.45, 2.75) is 19.9 Å². The maximum absolute atomic E-state index is 13.3. The zero-order chi connectivity index (χ0) is 17.1. The van der Waals surface area contributed by atoms with Crippen LogP contribution in [0, 0.1) is 21.7 Å². The summed E-state index contributed by atoms with van der Waals surface area (Å²) in [4.78, 5) is 21.9. The van der Waals surface area contributed by atoms with Gasteiger partial charge in [0.1, 0.15) is 5.69 Å². The van der Waals surface area contributed by atoms with E-state index in [1.54, 1.807) is 6.92 Å². The van der Waals surface area contributed by atoms with Crippen molar-refractivity contribution in [2.75, 3.05) is 5.32 Å². The van der Waals surface area contributed by atoms with E-state index in [2.05, 4.69) is 5.32 Å². The number of benzene rings is 2. The van der Waals surface area contributed by atoms with E-state index in [1.165, 1.54) is 31.2 Å². The number of anilines is 1. The second kappa shape index (κ2) is 6.51. The predicted molar refractivity (Wildman–Crippen MR) is 81.5 cm³/mol. The van der Waals surface area contributed by atoms with Crippen molar-refractivity contribution in [3.05, 3.63) is 69.3 Å². The zero-order valence-corrected chi connectivity index (χ0v) is 12.5. The number of nitro benzene ring substituents is 1. The first-order chi connectivity index (χ1) is 10.8. The molecule has 5 nitrogen and oxygen atoms in total. The van der Waals surface area contributed by atoms with Crippen molar-refractivity contribution in [2.24, 2.45) is 0 Å². The number of nitrogens with zero attached hydrogens (tertiary/aromatic N) is 1. The minimum Gasteiger partial charge on any atom is -0.373 e. The number of hydrogen-bond donors (Lipinski definition) is 1. The maximum Gasteiger partial charge on any atom is 0.293 e. The van der Waals surface area contributed by atoms with Gasteiger partial charge in [-0.05, 0) is 43.7 Å². The van der Waals surface area contributed by atoms with E-state index in [4.69, 9.17) is 0 Å². The minimum absolute atomic E-state index is 0.192. The number of carbonyl (C=O) groups excluding carboxylic acids is 1. The number of halogens is 2. The molecule has 0 aliphatic rings. The highest BCUT2D eigenvalue weighted by Crippen LogP contribution is 2.29. The van der Waals surface area contributed by atoms with Gasteiger partial charge in [-0.15, -0.1) is 0 Å². The average Bonchev–Trinajstić information content (AvgIpc) is 2.49. The molecule has 23 heavy (non-hydrogen) atoms. The summed E-state index contributed by atoms with van der Waals surface area (Å²) in [5.74, 6) is -2.23. The van der Waals surface area contributed by atoms with Gasteiger partial charge in [0.15, 0.2) is 17.4 Å². The van der Waals surface area contributed by atoms with Gasteiger partial charge in [-0.1, -0.05) is 6.07 Å². The second-order valence-electron chi connectivity index (χ2n) is 5.08. The van der Waals surface area contributed by atoms with Gasteiger partial charge < -0.3 is 5.32 Å². The molecule has 0 saturated carbocycles. The largest absolute Gasteiger partial charge is 0.373 e. The number of carbonyl (C=O) groups is 1. The smallest absolute Gasteiger partial charge is 0.293 e. The lowest BCUT2D eigenvalue weighted by Gasteiger charge is -2.16. The van der Waals surface area contributed by atoms with Gasteiger partial charge in [-0.2, -0.15) is 0 Å². The SMILES string of the molecule is CC(=O)c1ccc(N[C@H](C)c2ccc(F)c(F)c2)c([N+](=O)[O-])c1. The summed E-state index contributed by atoms with van der Waals surface area (Å²) in [6.07, 6.45) is 0. The Kier molecular flexibility index (Phi) is 4.68. The van der Waals surface area contributed by atoms with E-state index >= 15 is 0 Å². The summed E-state index contributed by atoms with van der Waals surface area (Å²) in [7, 11) is 0. The fourth-order valence-corrected chi connectivity index (χ4v) is 2.12. The third kappa shape index (κ3) is 3.68. The molecular weight excluding hydrogens is 306 g/mol. The van der Waals surface area contributed by atoms with Crippen molar-refractivity contribution in [1.82, 2.24) is 0 Å². The Labute approximate surface area is 131 Å². The fraction of sp³-hybridized carbons (Fsp3) is 0.188. The van der Waals surface area contributed by atoms with Gasteiger partial charge in [0, 0.05) is 17.7 Å². The van der Waals surface area contributed by atoms with Crippen molar-refractivity contribution < 1.29 is 18.5 Å². The van der Waals surface area contributed by atoms with E-state index in [0.717, 1.165) is 12.1 Å². The normalized spacial score (nSPS) is 11.8. The molecule has 2 aromatic carbocycles. The highest BCUT2D eigenvalue weighted by atomic mass is 19.2. The van der Waals surface area contributed by atoms with Crippen LogP contribution in [0.15, 0.2) is 36.4 Å². The van der Waals surface area contributed by atoms with Crippen molar-refractivity contribution in [3.63, 3.8) is 0 Å². The van der Waals surface area contributed by atoms with Gasteiger partial charge in [-0.25, -0.2) is 8.78 Å². The van der Waals surface area contributed by atoms with Crippen LogP contribution < -0.4 is 5.32 Å². The Morgan fingerprint density at radius 3 is 2.43 bits per heavy atom. The van der Waals surface area contributed by atoms with E-state index in [0.29, 0.717) is 5.56 Å². The molecule has 2 aromatic rings. The molecule has 0 aromatic heterocycles. The molecule has 0 heterocycles. The molecule has 7 heteroatoms. The van der Waals surface area contributed by atoms with E-state index in [1.807, 2.05) is 0 Å². The lowest BCUT2D eigenvalue weighted by molar-refractivity contribution is -0.384. The molecule has 0 unspecified atom stereocenters. The first-order valence-corrected chi connectivity index (χ1v) is 6.80. The van der Waals surface area contributed by atoms with Crippen LogP contribution in [0.5, 0.6) is 0 Å². The molecule has 1 atom stereocenters. The Morgan fingerprint density at radius 1 is 1.17 bits per heavy atom. The summed E-state index contributed by atoms with van der Waals surface area (Å²) in [6, 6.07) is 7.00.